The molecule has 0 saturated heterocycles. The molecule has 0 spiro atoms. The highest BCUT2D eigenvalue weighted by Gasteiger charge is 2.23. The van der Waals surface area contributed by atoms with Crippen molar-refractivity contribution in [3.05, 3.63) is 48.0 Å². The third-order valence-electron chi connectivity index (χ3n) is 3.14. The third-order valence-corrected chi connectivity index (χ3v) is 3.37. The van der Waals surface area contributed by atoms with Crippen molar-refractivity contribution in [2.45, 2.75) is 25.9 Å². The minimum atomic E-state index is -0.640. The van der Waals surface area contributed by atoms with Crippen molar-refractivity contribution in [2.75, 3.05) is 0 Å². The first-order chi connectivity index (χ1) is 10.1. The summed E-state index contributed by atoms with van der Waals surface area (Å²) in [5.41, 5.74) is 6.49. The normalized spacial score (nSPS) is 11.9. The number of rotatable bonds is 6. The molecule has 0 bridgehead atoms. The number of nitrogens with two attached hydrogens (primary N) is 1. The van der Waals surface area contributed by atoms with Gasteiger partial charge in [0.1, 0.15) is 12.2 Å². The Morgan fingerprint density at radius 1 is 1.43 bits per heavy atom. The molecule has 2 rings (SSSR count). The fraction of sp³-hybridized carbons (Fsp3) is 0.286. The predicted octanol–water partition coefficient (Wildman–Crippen LogP) is 0.984. The molecule has 1 atom stereocenters. The van der Waals surface area contributed by atoms with Gasteiger partial charge in [-0.15, -0.1) is 10.2 Å². The fourth-order valence-electron chi connectivity index (χ4n) is 2.04. The van der Waals surface area contributed by atoms with Gasteiger partial charge in [0.15, 0.2) is 5.82 Å². The molecule has 2 aromatic rings. The summed E-state index contributed by atoms with van der Waals surface area (Å²) in [6.45, 7) is 3.02. The van der Waals surface area contributed by atoms with Crippen molar-refractivity contribution in [3.63, 3.8) is 0 Å². The van der Waals surface area contributed by atoms with E-state index >= 15 is 0 Å². The van der Waals surface area contributed by atoms with Gasteiger partial charge in [-0.2, -0.15) is 0 Å². The number of nitrogens with one attached hydrogen (secondary N) is 1. The lowest BCUT2D eigenvalue weighted by Gasteiger charge is -2.15. The topological polar surface area (TPSA) is 85.8 Å². The van der Waals surface area contributed by atoms with E-state index in [0.29, 0.717) is 12.4 Å². The van der Waals surface area contributed by atoms with Crippen LogP contribution in [0.4, 0.5) is 0 Å². The van der Waals surface area contributed by atoms with Gasteiger partial charge in [-0.05, 0) is 12.5 Å². The Kier molecular flexibility index (Phi) is 4.99. The van der Waals surface area contributed by atoms with Crippen LogP contribution in [0.2, 0.25) is 0 Å². The maximum Gasteiger partial charge on any atom is 0.234 e. The summed E-state index contributed by atoms with van der Waals surface area (Å²) in [7, 11) is 0. The van der Waals surface area contributed by atoms with Gasteiger partial charge in [0, 0.05) is 6.54 Å². The Morgan fingerprint density at radius 3 is 2.76 bits per heavy atom. The Bertz CT molecular complexity index is 625. The first-order valence-electron chi connectivity index (χ1n) is 6.62. The molecule has 0 aliphatic carbocycles. The van der Waals surface area contributed by atoms with Crippen molar-refractivity contribution < 1.29 is 4.79 Å². The van der Waals surface area contributed by atoms with Gasteiger partial charge in [0.05, 0.1) is 11.5 Å². The van der Waals surface area contributed by atoms with E-state index in [4.69, 9.17) is 18.0 Å². The molecule has 0 aliphatic rings. The number of hydrogen-bond donors (Lipinski definition) is 2. The van der Waals surface area contributed by atoms with Crippen molar-refractivity contribution in [3.8, 4) is 0 Å². The average molecular weight is 303 g/mol. The van der Waals surface area contributed by atoms with Crippen LogP contribution in [-0.2, 0) is 17.9 Å². The lowest BCUT2D eigenvalue weighted by molar-refractivity contribution is -0.121. The van der Waals surface area contributed by atoms with Gasteiger partial charge in [-0.25, -0.2) is 0 Å². The number of amides is 1. The molecule has 0 radical (unpaired) electrons. The molecule has 1 heterocycles. The number of aryl methyl sites for hydroxylation is 1. The molecule has 1 unspecified atom stereocenters. The number of benzene rings is 1. The Balaban J connectivity index is 2.08. The van der Waals surface area contributed by atoms with E-state index in [1.807, 2.05) is 41.8 Å². The van der Waals surface area contributed by atoms with E-state index in [1.165, 1.54) is 0 Å². The summed E-state index contributed by atoms with van der Waals surface area (Å²) >= 11 is 5.02. The zero-order chi connectivity index (χ0) is 15.2. The van der Waals surface area contributed by atoms with E-state index in [-0.39, 0.29) is 10.9 Å². The highest BCUT2D eigenvalue weighted by Crippen LogP contribution is 2.16. The second-order valence-electron chi connectivity index (χ2n) is 4.50. The Morgan fingerprint density at radius 2 is 2.14 bits per heavy atom. The average Bonchev–Trinajstić information content (AvgIpc) is 2.93. The van der Waals surface area contributed by atoms with Crippen LogP contribution in [0.25, 0.3) is 0 Å². The van der Waals surface area contributed by atoms with Crippen LogP contribution in [0, 0.1) is 0 Å². The number of aromatic nitrogens is 3. The first kappa shape index (κ1) is 15.1. The highest BCUT2D eigenvalue weighted by atomic mass is 32.1. The van der Waals surface area contributed by atoms with Gasteiger partial charge in [-0.3, -0.25) is 4.79 Å². The van der Waals surface area contributed by atoms with E-state index < -0.39 is 5.92 Å². The number of hydrogen-bond acceptors (Lipinski definition) is 4. The molecule has 21 heavy (non-hydrogen) atoms. The number of nitrogens with zero attached hydrogens (tertiary/aromatic N) is 3. The second kappa shape index (κ2) is 6.94. The molecule has 0 fully saturated rings. The summed E-state index contributed by atoms with van der Waals surface area (Å²) in [6, 6.07) is 9.24. The summed E-state index contributed by atoms with van der Waals surface area (Å²) in [5.74, 6) is -0.181. The van der Waals surface area contributed by atoms with E-state index in [9.17, 15) is 4.79 Å². The van der Waals surface area contributed by atoms with Gasteiger partial charge < -0.3 is 15.6 Å². The van der Waals surface area contributed by atoms with Gasteiger partial charge in [0.25, 0.3) is 0 Å². The molecule has 1 aromatic heterocycles. The first-order valence-corrected chi connectivity index (χ1v) is 7.03. The molecule has 1 aromatic carbocycles. The van der Waals surface area contributed by atoms with Crippen LogP contribution < -0.4 is 11.1 Å². The van der Waals surface area contributed by atoms with Gasteiger partial charge in [0.2, 0.25) is 5.91 Å². The molecule has 3 N–H and O–H groups in total. The van der Waals surface area contributed by atoms with E-state index in [0.717, 1.165) is 12.1 Å². The van der Waals surface area contributed by atoms with Crippen molar-refractivity contribution in [1.29, 1.82) is 0 Å². The number of carbonyl (C=O) groups excluding carboxylic acids is 1. The lowest BCUT2D eigenvalue weighted by atomic mass is 9.98. The van der Waals surface area contributed by atoms with Crippen LogP contribution in [0.5, 0.6) is 0 Å². The molecule has 110 valence electrons. The summed E-state index contributed by atoms with van der Waals surface area (Å²) in [6.07, 6.45) is 1.63. The lowest BCUT2D eigenvalue weighted by Crippen LogP contribution is -2.36. The van der Waals surface area contributed by atoms with E-state index in [2.05, 4.69) is 15.5 Å². The number of carbonyl (C=O) groups is 1. The highest BCUT2D eigenvalue weighted by molar-refractivity contribution is 7.80. The maximum atomic E-state index is 12.3. The molecule has 0 aliphatic heterocycles. The van der Waals surface area contributed by atoms with E-state index in [1.54, 1.807) is 6.33 Å². The van der Waals surface area contributed by atoms with Crippen LogP contribution >= 0.6 is 12.2 Å². The monoisotopic (exact) mass is 303 g/mol. The summed E-state index contributed by atoms with van der Waals surface area (Å²) < 4.78 is 1.86. The predicted molar refractivity (Wildman–Crippen MR) is 83.5 cm³/mol. The van der Waals surface area contributed by atoms with Gasteiger partial charge >= 0.3 is 0 Å². The molecule has 0 saturated carbocycles. The second-order valence-corrected chi connectivity index (χ2v) is 4.97. The SMILES string of the molecule is CCn1cnnc1CNC(=O)C(C(N)=S)c1ccccc1. The van der Waals surface area contributed by atoms with Crippen molar-refractivity contribution in [1.82, 2.24) is 20.1 Å². The smallest absolute Gasteiger partial charge is 0.234 e. The summed E-state index contributed by atoms with van der Waals surface area (Å²) in [5, 5.41) is 10.6. The van der Waals surface area contributed by atoms with Gasteiger partial charge in [-0.1, -0.05) is 42.5 Å². The van der Waals surface area contributed by atoms with Crippen LogP contribution in [0.3, 0.4) is 0 Å². The van der Waals surface area contributed by atoms with Crippen molar-refractivity contribution >= 4 is 23.1 Å². The standard InChI is InChI=1S/C14H17N5OS/c1-2-19-9-17-18-11(19)8-16-14(20)12(13(15)21)10-6-4-3-5-7-10/h3-7,9,12H,2,8H2,1H3,(H2,15,21)(H,16,20). The quantitative estimate of drug-likeness (QED) is 0.777. The Labute approximate surface area is 128 Å². The molecular formula is C14H17N5OS. The van der Waals surface area contributed by atoms with Crippen LogP contribution in [0.1, 0.15) is 24.2 Å². The number of thiocarbonyl (C=S) groups is 1. The van der Waals surface area contributed by atoms with Crippen LogP contribution in [0.15, 0.2) is 36.7 Å². The molecule has 6 nitrogen and oxygen atoms in total. The third kappa shape index (κ3) is 3.63. The minimum Gasteiger partial charge on any atom is -0.392 e. The van der Waals surface area contributed by atoms with Crippen LogP contribution in [-0.4, -0.2) is 25.7 Å². The fourth-order valence-corrected chi connectivity index (χ4v) is 2.28. The molecule has 7 heteroatoms. The molecule has 1 amide bonds. The zero-order valence-corrected chi connectivity index (χ0v) is 12.5. The zero-order valence-electron chi connectivity index (χ0n) is 11.7. The minimum absolute atomic E-state index is 0.149. The molecular weight excluding hydrogens is 286 g/mol. The Hall–Kier alpha value is -2.28. The summed E-state index contributed by atoms with van der Waals surface area (Å²) in [4.78, 5) is 12.5. The van der Waals surface area contributed by atoms with Crippen molar-refractivity contribution in [2.24, 2.45) is 5.73 Å². The largest absolute Gasteiger partial charge is 0.392 e. The maximum absolute atomic E-state index is 12.3.